The third-order valence-electron chi connectivity index (χ3n) is 3.91. The Labute approximate surface area is 191 Å². The van der Waals surface area contributed by atoms with E-state index in [0.29, 0.717) is 21.2 Å². The molecule has 0 fully saturated rings. The Morgan fingerprint density at radius 3 is 2.52 bits per heavy atom. The van der Waals surface area contributed by atoms with Crippen molar-refractivity contribution in [2.24, 2.45) is 5.10 Å². The van der Waals surface area contributed by atoms with Gasteiger partial charge >= 0.3 is 17.8 Å². The molecule has 0 aliphatic carbocycles. The van der Waals surface area contributed by atoms with Crippen molar-refractivity contribution < 1.29 is 19.1 Å². The van der Waals surface area contributed by atoms with Gasteiger partial charge in [0.15, 0.2) is 0 Å². The first-order valence-electron chi connectivity index (χ1n) is 8.81. The van der Waals surface area contributed by atoms with Crippen LogP contribution in [0, 0.1) is 0 Å². The summed E-state index contributed by atoms with van der Waals surface area (Å²) in [6.45, 7) is 1.60. The first-order chi connectivity index (χ1) is 14.8. The van der Waals surface area contributed by atoms with Gasteiger partial charge < -0.3 is 10.1 Å². The number of benzene rings is 2. The molecule has 31 heavy (non-hydrogen) atoms. The van der Waals surface area contributed by atoms with Gasteiger partial charge in [-0.3, -0.25) is 9.59 Å². The van der Waals surface area contributed by atoms with Gasteiger partial charge in [-0.05, 0) is 48.7 Å². The summed E-state index contributed by atoms with van der Waals surface area (Å²) in [6.07, 6.45) is 0. The largest absolute Gasteiger partial charge is 0.422 e. The maximum Gasteiger partial charge on any atom is 0.353 e. The van der Waals surface area contributed by atoms with Gasteiger partial charge in [-0.2, -0.15) is 5.10 Å². The summed E-state index contributed by atoms with van der Waals surface area (Å²) >= 11 is 13.1. The lowest BCUT2D eigenvalue weighted by molar-refractivity contribution is -0.136. The number of rotatable bonds is 5. The Bertz CT molecular complexity index is 1160. The number of amides is 2. The average molecular weight is 476 g/mol. The number of ether oxygens (including phenoxy) is 1. The summed E-state index contributed by atoms with van der Waals surface area (Å²) in [5, 5.41) is 8.65. The van der Waals surface area contributed by atoms with E-state index in [9.17, 15) is 14.4 Å². The molecule has 0 saturated carbocycles. The molecular weight excluding hydrogens is 461 g/mol. The zero-order valence-corrected chi connectivity index (χ0v) is 18.3. The Morgan fingerprint density at radius 2 is 1.77 bits per heavy atom. The maximum atomic E-state index is 12.2. The first-order valence-corrected chi connectivity index (χ1v) is 10.4. The number of para-hydroxylation sites is 1. The van der Waals surface area contributed by atoms with E-state index < -0.39 is 17.8 Å². The molecule has 3 rings (SSSR count). The number of halogens is 2. The van der Waals surface area contributed by atoms with Gasteiger partial charge in [-0.15, -0.1) is 11.3 Å². The predicted molar refractivity (Wildman–Crippen MR) is 121 cm³/mol. The molecule has 0 unspecified atom stereocenters. The molecule has 0 bridgehead atoms. The molecule has 0 aliphatic rings. The Morgan fingerprint density at radius 1 is 1.00 bits per heavy atom. The van der Waals surface area contributed by atoms with Gasteiger partial charge in [-0.25, -0.2) is 10.2 Å². The second-order valence-corrected chi connectivity index (χ2v) is 7.87. The minimum absolute atomic E-state index is 0.195. The Hall–Kier alpha value is -3.20. The number of nitrogens with one attached hydrogen (secondary N) is 2. The molecule has 0 radical (unpaired) electrons. The average Bonchev–Trinajstić information content (AvgIpc) is 3.30. The van der Waals surface area contributed by atoms with Crippen LogP contribution in [0.1, 0.15) is 22.2 Å². The monoisotopic (exact) mass is 475 g/mol. The number of nitrogens with zero attached hydrogens (tertiary/aromatic N) is 1. The highest BCUT2D eigenvalue weighted by molar-refractivity contribution is 7.12. The summed E-state index contributed by atoms with van der Waals surface area (Å²) in [5.74, 6) is -2.22. The van der Waals surface area contributed by atoms with Crippen molar-refractivity contribution >= 4 is 63.7 Å². The highest BCUT2D eigenvalue weighted by atomic mass is 35.5. The summed E-state index contributed by atoms with van der Waals surface area (Å²) in [6, 6.07) is 14.6. The maximum absolute atomic E-state index is 12.2. The lowest BCUT2D eigenvalue weighted by atomic mass is 10.1. The van der Waals surface area contributed by atoms with Gasteiger partial charge in [-0.1, -0.05) is 41.4 Å². The SMILES string of the molecule is CC(=NNC(=O)C(=O)Nc1cc(Cl)ccc1Cl)c1ccccc1OC(=O)c1cccs1. The molecule has 10 heteroatoms. The van der Waals surface area contributed by atoms with Crippen molar-refractivity contribution in [3.8, 4) is 5.75 Å². The third-order valence-corrected chi connectivity index (χ3v) is 5.32. The molecule has 1 heterocycles. The standard InChI is InChI=1S/C21H15Cl2N3O4S/c1-12(14-5-2-3-6-17(14)30-21(29)18-7-4-10-31-18)25-26-20(28)19(27)24-16-11-13(22)8-9-15(16)23/h2-11H,1H3,(H,24,27)(H,26,28). The number of carbonyl (C=O) groups excluding carboxylic acids is 3. The van der Waals surface area contributed by atoms with Gasteiger partial charge in [0, 0.05) is 10.6 Å². The van der Waals surface area contributed by atoms with Gasteiger partial charge in [0.2, 0.25) is 0 Å². The van der Waals surface area contributed by atoms with Crippen LogP contribution in [0.4, 0.5) is 5.69 Å². The van der Waals surface area contributed by atoms with Crippen LogP contribution in [0.2, 0.25) is 10.0 Å². The van der Waals surface area contributed by atoms with Crippen LogP contribution < -0.4 is 15.5 Å². The molecule has 2 amide bonds. The summed E-state index contributed by atoms with van der Waals surface area (Å²) in [7, 11) is 0. The topological polar surface area (TPSA) is 96.9 Å². The van der Waals surface area contributed by atoms with Gasteiger partial charge in [0.25, 0.3) is 0 Å². The molecule has 0 spiro atoms. The predicted octanol–water partition coefficient (Wildman–Crippen LogP) is 4.75. The van der Waals surface area contributed by atoms with E-state index in [4.69, 9.17) is 27.9 Å². The minimum atomic E-state index is -1.01. The Kier molecular flexibility index (Phi) is 7.41. The fourth-order valence-electron chi connectivity index (χ4n) is 2.42. The zero-order chi connectivity index (χ0) is 22.4. The van der Waals surface area contributed by atoms with E-state index >= 15 is 0 Å². The van der Waals surface area contributed by atoms with E-state index in [2.05, 4.69) is 15.8 Å². The van der Waals surface area contributed by atoms with Crippen LogP contribution >= 0.6 is 34.5 Å². The fraction of sp³-hybridized carbons (Fsp3) is 0.0476. The number of esters is 1. The minimum Gasteiger partial charge on any atom is -0.422 e. The number of anilines is 1. The summed E-state index contributed by atoms with van der Waals surface area (Å²) in [5.41, 5.74) is 3.17. The lowest BCUT2D eigenvalue weighted by Gasteiger charge is -2.10. The number of hydrogen-bond donors (Lipinski definition) is 2. The number of carbonyl (C=O) groups is 3. The number of thiophene rings is 1. The van der Waals surface area contributed by atoms with Crippen LogP contribution in [-0.2, 0) is 9.59 Å². The third kappa shape index (κ3) is 5.91. The van der Waals surface area contributed by atoms with E-state index in [0.717, 1.165) is 0 Å². The molecule has 7 nitrogen and oxygen atoms in total. The fourth-order valence-corrected chi connectivity index (χ4v) is 3.35. The lowest BCUT2D eigenvalue weighted by Crippen LogP contribution is -2.33. The van der Waals surface area contributed by atoms with Crippen molar-refractivity contribution in [1.82, 2.24) is 5.43 Å². The van der Waals surface area contributed by atoms with E-state index in [1.165, 1.54) is 23.5 Å². The smallest absolute Gasteiger partial charge is 0.353 e. The molecule has 0 aliphatic heterocycles. The van der Waals surface area contributed by atoms with Crippen molar-refractivity contribution in [3.05, 3.63) is 80.5 Å². The van der Waals surface area contributed by atoms with Gasteiger partial charge in [0.1, 0.15) is 10.6 Å². The molecule has 3 aromatic rings. The van der Waals surface area contributed by atoms with Crippen LogP contribution in [0.3, 0.4) is 0 Å². The van der Waals surface area contributed by atoms with E-state index in [1.54, 1.807) is 54.8 Å². The molecular formula is C21H15Cl2N3O4S. The van der Waals surface area contributed by atoms with E-state index in [-0.39, 0.29) is 16.5 Å². The normalized spacial score (nSPS) is 11.0. The van der Waals surface area contributed by atoms with Crippen molar-refractivity contribution in [3.63, 3.8) is 0 Å². The first kappa shape index (κ1) is 22.5. The molecule has 2 N–H and O–H groups in total. The molecule has 0 saturated heterocycles. The number of hydrazone groups is 1. The van der Waals surface area contributed by atoms with Crippen LogP contribution in [-0.4, -0.2) is 23.5 Å². The zero-order valence-electron chi connectivity index (χ0n) is 16.0. The van der Waals surface area contributed by atoms with E-state index in [1.807, 2.05) is 0 Å². The number of hydrogen-bond acceptors (Lipinski definition) is 6. The van der Waals surface area contributed by atoms with Crippen molar-refractivity contribution in [1.29, 1.82) is 0 Å². The Balaban J connectivity index is 1.68. The highest BCUT2D eigenvalue weighted by Crippen LogP contribution is 2.25. The second-order valence-electron chi connectivity index (χ2n) is 6.08. The van der Waals surface area contributed by atoms with Crippen LogP contribution in [0.5, 0.6) is 5.75 Å². The summed E-state index contributed by atoms with van der Waals surface area (Å²) in [4.78, 5) is 36.9. The molecule has 1 aromatic heterocycles. The van der Waals surface area contributed by atoms with Crippen LogP contribution in [0.15, 0.2) is 65.1 Å². The highest BCUT2D eigenvalue weighted by Gasteiger charge is 2.17. The molecule has 158 valence electrons. The van der Waals surface area contributed by atoms with Crippen molar-refractivity contribution in [2.45, 2.75) is 6.92 Å². The second kappa shape index (κ2) is 10.2. The quantitative estimate of drug-likeness (QED) is 0.183. The molecule has 0 atom stereocenters. The van der Waals surface area contributed by atoms with Crippen molar-refractivity contribution in [2.75, 3.05) is 5.32 Å². The summed E-state index contributed by atoms with van der Waals surface area (Å²) < 4.78 is 5.44. The van der Waals surface area contributed by atoms with Crippen LogP contribution in [0.25, 0.3) is 0 Å². The molecule has 2 aromatic carbocycles. The van der Waals surface area contributed by atoms with Gasteiger partial charge in [0.05, 0.1) is 16.4 Å².